The van der Waals surface area contributed by atoms with Gasteiger partial charge in [0.1, 0.15) is 5.75 Å². The van der Waals surface area contributed by atoms with E-state index in [4.69, 9.17) is 4.74 Å². The number of ether oxygens (including phenoxy) is 1. The molecule has 26 heavy (non-hydrogen) atoms. The summed E-state index contributed by atoms with van der Waals surface area (Å²) in [6, 6.07) is 16.1. The summed E-state index contributed by atoms with van der Waals surface area (Å²) in [6.45, 7) is 0. The van der Waals surface area contributed by atoms with Gasteiger partial charge in [-0.1, -0.05) is 15.9 Å². The Morgan fingerprint density at radius 3 is 2.69 bits per heavy atom. The number of halogens is 1. The van der Waals surface area contributed by atoms with Crippen LogP contribution in [0, 0.1) is 0 Å². The van der Waals surface area contributed by atoms with Gasteiger partial charge in [0, 0.05) is 52.3 Å². The maximum absolute atomic E-state index is 5.49. The molecule has 2 aromatic carbocycles. The number of aryl methyl sites for hydroxylation is 1. The van der Waals surface area contributed by atoms with Crippen LogP contribution < -0.4 is 10.1 Å². The third-order valence-corrected chi connectivity index (χ3v) is 4.73. The van der Waals surface area contributed by atoms with Crippen molar-refractivity contribution in [3.63, 3.8) is 0 Å². The van der Waals surface area contributed by atoms with Gasteiger partial charge in [-0.3, -0.25) is 9.67 Å². The van der Waals surface area contributed by atoms with Crippen molar-refractivity contribution >= 4 is 38.2 Å². The summed E-state index contributed by atoms with van der Waals surface area (Å²) in [5, 5.41) is 8.80. The van der Waals surface area contributed by atoms with Gasteiger partial charge in [0.2, 0.25) is 0 Å². The Morgan fingerprint density at radius 1 is 1.04 bits per heavy atom. The SMILES string of the molecule is COc1cc(Nc2ccnc3ccc(Br)cc23)cc(-c2ccnn2C)c1. The summed E-state index contributed by atoms with van der Waals surface area (Å²) >= 11 is 3.54. The van der Waals surface area contributed by atoms with Crippen LogP contribution in [0.1, 0.15) is 0 Å². The molecule has 1 N–H and O–H groups in total. The summed E-state index contributed by atoms with van der Waals surface area (Å²) in [4.78, 5) is 4.43. The van der Waals surface area contributed by atoms with Crippen molar-refractivity contribution < 1.29 is 4.74 Å². The summed E-state index contributed by atoms with van der Waals surface area (Å²) in [7, 11) is 3.60. The van der Waals surface area contributed by atoms with Crippen LogP contribution in [0.3, 0.4) is 0 Å². The Balaban J connectivity index is 1.79. The molecule has 0 radical (unpaired) electrons. The van der Waals surface area contributed by atoms with Gasteiger partial charge in [-0.2, -0.15) is 5.10 Å². The molecule has 0 saturated carbocycles. The van der Waals surface area contributed by atoms with Gasteiger partial charge in [0.25, 0.3) is 0 Å². The van der Waals surface area contributed by atoms with Crippen molar-refractivity contribution in [2.24, 2.45) is 7.05 Å². The van der Waals surface area contributed by atoms with Gasteiger partial charge in [-0.25, -0.2) is 0 Å². The molecule has 0 fully saturated rings. The summed E-state index contributed by atoms with van der Waals surface area (Å²) in [6.07, 6.45) is 3.59. The lowest BCUT2D eigenvalue weighted by molar-refractivity contribution is 0.415. The molecule has 0 aliphatic carbocycles. The third-order valence-electron chi connectivity index (χ3n) is 4.24. The van der Waals surface area contributed by atoms with E-state index in [-0.39, 0.29) is 0 Å². The Bertz CT molecular complexity index is 1090. The van der Waals surface area contributed by atoms with Crippen LogP contribution in [0.25, 0.3) is 22.2 Å². The summed E-state index contributed by atoms with van der Waals surface area (Å²) in [5.74, 6) is 0.783. The Labute approximate surface area is 159 Å². The zero-order valence-electron chi connectivity index (χ0n) is 14.4. The molecular formula is C20H17BrN4O. The standard InChI is InChI=1S/C20H17BrN4O/c1-25-20(6-8-23-25)13-9-15(12-16(10-13)26-2)24-19-5-7-22-18-4-3-14(21)11-17(18)19/h3-12H,1-2H3,(H,22,24). The lowest BCUT2D eigenvalue weighted by Crippen LogP contribution is -1.97. The maximum Gasteiger partial charge on any atom is 0.121 e. The van der Waals surface area contributed by atoms with Crippen LogP contribution in [0.15, 0.2) is 65.4 Å². The fourth-order valence-electron chi connectivity index (χ4n) is 2.98. The first-order chi connectivity index (χ1) is 12.6. The molecule has 0 atom stereocenters. The van der Waals surface area contributed by atoms with Gasteiger partial charge in [0.15, 0.2) is 0 Å². The van der Waals surface area contributed by atoms with E-state index in [1.807, 2.05) is 48.1 Å². The average Bonchev–Trinajstić information content (AvgIpc) is 3.08. The van der Waals surface area contributed by atoms with Crippen LogP contribution in [-0.4, -0.2) is 21.9 Å². The molecule has 0 bridgehead atoms. The molecule has 0 aliphatic heterocycles. The van der Waals surface area contributed by atoms with Crippen LogP contribution >= 0.6 is 15.9 Å². The van der Waals surface area contributed by atoms with Crippen LogP contribution in [0.2, 0.25) is 0 Å². The van der Waals surface area contributed by atoms with Crippen molar-refractivity contribution in [3.05, 3.63) is 65.4 Å². The minimum absolute atomic E-state index is 0.783. The maximum atomic E-state index is 5.49. The Kier molecular flexibility index (Phi) is 4.34. The second-order valence-corrected chi connectivity index (χ2v) is 6.85. The van der Waals surface area contributed by atoms with Crippen LogP contribution in [0.4, 0.5) is 11.4 Å². The highest BCUT2D eigenvalue weighted by molar-refractivity contribution is 9.10. The van der Waals surface area contributed by atoms with E-state index in [9.17, 15) is 0 Å². The first kappa shape index (κ1) is 16.6. The van der Waals surface area contributed by atoms with E-state index < -0.39 is 0 Å². The van der Waals surface area contributed by atoms with Crippen LogP contribution in [0.5, 0.6) is 5.75 Å². The number of aromatic nitrogens is 3. The third kappa shape index (κ3) is 3.15. The number of nitrogens with one attached hydrogen (secondary N) is 1. The van der Waals surface area contributed by atoms with E-state index in [1.165, 1.54) is 0 Å². The molecule has 0 spiro atoms. The predicted octanol–water partition coefficient (Wildman–Crippen LogP) is 5.15. The zero-order chi connectivity index (χ0) is 18.1. The molecule has 2 heterocycles. The molecule has 0 saturated heterocycles. The number of nitrogens with zero attached hydrogens (tertiary/aromatic N) is 3. The van der Waals surface area contributed by atoms with Crippen LogP contribution in [-0.2, 0) is 7.05 Å². The first-order valence-electron chi connectivity index (χ1n) is 8.13. The lowest BCUT2D eigenvalue weighted by atomic mass is 10.1. The van der Waals surface area contributed by atoms with Crippen molar-refractivity contribution in [2.45, 2.75) is 0 Å². The van der Waals surface area contributed by atoms with E-state index in [0.29, 0.717) is 0 Å². The highest BCUT2D eigenvalue weighted by Gasteiger charge is 2.09. The minimum atomic E-state index is 0.783. The van der Waals surface area contributed by atoms with Crippen molar-refractivity contribution in [3.8, 4) is 17.0 Å². The average molecular weight is 409 g/mol. The molecule has 0 aliphatic rings. The monoisotopic (exact) mass is 408 g/mol. The van der Waals surface area contributed by atoms with E-state index >= 15 is 0 Å². The number of hydrogen-bond donors (Lipinski definition) is 1. The molecule has 0 amide bonds. The van der Waals surface area contributed by atoms with Gasteiger partial charge in [-0.15, -0.1) is 0 Å². The zero-order valence-corrected chi connectivity index (χ0v) is 16.0. The Morgan fingerprint density at radius 2 is 1.92 bits per heavy atom. The molecule has 2 aromatic heterocycles. The van der Waals surface area contributed by atoms with E-state index in [1.54, 1.807) is 19.5 Å². The molecule has 130 valence electrons. The number of methoxy groups -OCH3 is 1. The molecule has 5 nitrogen and oxygen atoms in total. The second kappa shape index (κ2) is 6.80. The topological polar surface area (TPSA) is 52.0 Å². The smallest absolute Gasteiger partial charge is 0.121 e. The quantitative estimate of drug-likeness (QED) is 0.507. The van der Waals surface area contributed by atoms with Crippen molar-refractivity contribution in [2.75, 3.05) is 12.4 Å². The van der Waals surface area contributed by atoms with Gasteiger partial charge in [0.05, 0.1) is 18.3 Å². The Hall–Kier alpha value is -2.86. The summed E-state index contributed by atoms with van der Waals surface area (Å²) in [5.41, 5.74) is 4.92. The van der Waals surface area contributed by atoms with Gasteiger partial charge < -0.3 is 10.1 Å². The number of fused-ring (bicyclic) bond motifs is 1. The molecule has 0 unspecified atom stereocenters. The largest absolute Gasteiger partial charge is 0.497 e. The first-order valence-corrected chi connectivity index (χ1v) is 8.92. The van der Waals surface area contributed by atoms with Crippen molar-refractivity contribution in [1.29, 1.82) is 0 Å². The number of pyridine rings is 1. The second-order valence-electron chi connectivity index (χ2n) is 5.94. The van der Waals surface area contributed by atoms with Crippen molar-refractivity contribution in [1.82, 2.24) is 14.8 Å². The number of hydrogen-bond acceptors (Lipinski definition) is 4. The summed E-state index contributed by atoms with van der Waals surface area (Å²) < 4.78 is 8.35. The number of benzene rings is 2. The molecular weight excluding hydrogens is 392 g/mol. The molecule has 6 heteroatoms. The fourth-order valence-corrected chi connectivity index (χ4v) is 3.34. The molecule has 4 rings (SSSR count). The minimum Gasteiger partial charge on any atom is -0.497 e. The normalized spacial score (nSPS) is 10.9. The van der Waals surface area contributed by atoms with E-state index in [0.717, 1.165) is 43.8 Å². The highest BCUT2D eigenvalue weighted by atomic mass is 79.9. The molecule has 4 aromatic rings. The number of anilines is 2. The predicted molar refractivity (Wildman–Crippen MR) is 108 cm³/mol. The lowest BCUT2D eigenvalue weighted by Gasteiger charge is -2.13. The highest BCUT2D eigenvalue weighted by Crippen LogP contribution is 2.32. The fraction of sp³-hybridized carbons (Fsp3) is 0.100. The van der Waals surface area contributed by atoms with E-state index in [2.05, 4.69) is 43.5 Å². The number of rotatable bonds is 4. The van der Waals surface area contributed by atoms with Gasteiger partial charge in [-0.05, 0) is 42.5 Å². The van der Waals surface area contributed by atoms with Gasteiger partial charge >= 0.3 is 0 Å².